The van der Waals surface area contributed by atoms with Crippen LogP contribution in [0.25, 0.3) is 0 Å². The van der Waals surface area contributed by atoms with Crippen molar-refractivity contribution in [3.8, 4) is 6.07 Å². The molecule has 3 aliphatic rings. The lowest BCUT2D eigenvalue weighted by Crippen LogP contribution is -2.48. The van der Waals surface area contributed by atoms with Crippen LogP contribution in [0, 0.1) is 17.1 Å². The Hall–Kier alpha value is -3.16. The first kappa shape index (κ1) is 24.5. The molecule has 8 nitrogen and oxygen atoms in total. The number of thioether (sulfide) groups is 1. The number of carbonyl (C=O) groups excluding carboxylic acids is 2. The van der Waals surface area contributed by atoms with Gasteiger partial charge in [-0.25, -0.2) is 4.39 Å². The topological polar surface area (TPSA) is 98.4 Å². The van der Waals surface area contributed by atoms with E-state index in [2.05, 4.69) is 17.3 Å². The number of hydrogen-bond acceptors (Lipinski definition) is 6. The number of benzene rings is 1. The predicted molar refractivity (Wildman–Crippen MR) is 134 cm³/mol. The molecule has 0 spiro atoms. The monoisotopic (exact) mass is 509 g/mol. The highest BCUT2D eigenvalue weighted by Crippen LogP contribution is 2.52. The van der Waals surface area contributed by atoms with Gasteiger partial charge in [-0.3, -0.25) is 14.4 Å². The molecular formula is C26H28FN5O3S. The van der Waals surface area contributed by atoms with Crippen LogP contribution in [0.2, 0.25) is 0 Å². The Morgan fingerprint density at radius 2 is 2.03 bits per heavy atom. The zero-order valence-corrected chi connectivity index (χ0v) is 20.9. The van der Waals surface area contributed by atoms with Gasteiger partial charge in [-0.15, -0.1) is 11.8 Å². The Labute approximate surface area is 213 Å². The van der Waals surface area contributed by atoms with Crippen LogP contribution in [-0.2, 0) is 13.1 Å². The number of nitriles is 1. The molecule has 0 bridgehead atoms. The number of nitrogens with one attached hydrogen (secondary N) is 1. The summed E-state index contributed by atoms with van der Waals surface area (Å²) in [5.41, 5.74) is 0.134. The van der Waals surface area contributed by atoms with Gasteiger partial charge in [0.25, 0.3) is 17.4 Å². The smallest absolute Gasteiger partial charge is 0.270 e. The van der Waals surface area contributed by atoms with Gasteiger partial charge in [-0.1, -0.05) is 6.07 Å². The van der Waals surface area contributed by atoms with E-state index in [4.69, 9.17) is 5.26 Å². The van der Waals surface area contributed by atoms with E-state index in [1.54, 1.807) is 18.2 Å². The molecule has 10 heteroatoms. The summed E-state index contributed by atoms with van der Waals surface area (Å²) in [5.74, 6) is -1.43. The molecule has 5 rings (SSSR count). The molecule has 1 N–H and O–H groups in total. The lowest BCUT2D eigenvalue weighted by molar-refractivity contribution is 0.0696. The molecule has 1 unspecified atom stereocenters. The van der Waals surface area contributed by atoms with Crippen molar-refractivity contribution in [1.29, 1.82) is 5.26 Å². The third-order valence-electron chi connectivity index (χ3n) is 7.18. The van der Waals surface area contributed by atoms with Crippen LogP contribution in [0.5, 0.6) is 0 Å². The maximum Gasteiger partial charge on any atom is 0.270 e. The molecule has 0 radical (unpaired) electrons. The minimum atomic E-state index is -0.664. The van der Waals surface area contributed by atoms with E-state index in [9.17, 15) is 18.8 Å². The zero-order valence-electron chi connectivity index (χ0n) is 20.1. The van der Waals surface area contributed by atoms with Crippen LogP contribution >= 0.6 is 11.8 Å². The molecule has 1 aromatic heterocycles. The number of fused-ring (bicyclic) bond motifs is 1. The average Bonchev–Trinajstić information content (AvgIpc) is 3.49. The lowest BCUT2D eigenvalue weighted by Gasteiger charge is -2.33. The number of pyridine rings is 1. The fraction of sp³-hybridized carbons (Fsp3) is 0.462. The van der Waals surface area contributed by atoms with Crippen molar-refractivity contribution >= 4 is 23.6 Å². The second-order valence-corrected chi connectivity index (χ2v) is 11.7. The number of amides is 2. The van der Waals surface area contributed by atoms with Crippen molar-refractivity contribution in [1.82, 2.24) is 19.7 Å². The summed E-state index contributed by atoms with van der Waals surface area (Å²) in [6, 6.07) is 8.76. The Morgan fingerprint density at radius 1 is 1.22 bits per heavy atom. The van der Waals surface area contributed by atoms with Crippen molar-refractivity contribution in [3.63, 3.8) is 0 Å². The van der Waals surface area contributed by atoms with Crippen LogP contribution < -0.4 is 10.9 Å². The fourth-order valence-electron chi connectivity index (χ4n) is 4.98. The van der Waals surface area contributed by atoms with Gasteiger partial charge in [0.1, 0.15) is 23.1 Å². The van der Waals surface area contributed by atoms with Gasteiger partial charge in [-0.2, -0.15) is 5.26 Å². The first-order valence-corrected chi connectivity index (χ1v) is 13.0. The molecule has 2 aromatic rings. The summed E-state index contributed by atoms with van der Waals surface area (Å²) in [7, 11) is 2.14. The largest absolute Gasteiger partial charge is 0.348 e. The van der Waals surface area contributed by atoms with Crippen LogP contribution in [0.4, 0.5) is 4.39 Å². The van der Waals surface area contributed by atoms with Gasteiger partial charge >= 0.3 is 0 Å². The summed E-state index contributed by atoms with van der Waals surface area (Å²) in [6.07, 6.45) is 3.40. The average molecular weight is 510 g/mol. The predicted octanol–water partition coefficient (Wildman–Crippen LogP) is 2.21. The Kier molecular flexibility index (Phi) is 6.62. The molecule has 3 heterocycles. The van der Waals surface area contributed by atoms with Crippen LogP contribution in [0.1, 0.15) is 51.2 Å². The summed E-state index contributed by atoms with van der Waals surface area (Å²) >= 11 is 2.02. The minimum Gasteiger partial charge on any atom is -0.348 e. The molecule has 36 heavy (non-hydrogen) atoms. The Morgan fingerprint density at radius 3 is 2.69 bits per heavy atom. The standard InChI is InChI=1S/C26H28FN5O3S/c1-30-9-6-19(15-30)36-26(7-8-26)16-31-10-11-32-22(25(31)35)5-4-20(24(32)34)23(33)29-14-17-2-3-18(13-28)21(27)12-17/h2-5,12,19H,6-11,14-16H2,1H3,(H,29,33). The van der Waals surface area contributed by atoms with E-state index in [1.165, 1.54) is 29.2 Å². The molecule has 2 aliphatic heterocycles. The maximum atomic E-state index is 13.8. The van der Waals surface area contributed by atoms with Crippen molar-refractivity contribution in [2.45, 2.75) is 42.3 Å². The van der Waals surface area contributed by atoms with E-state index in [0.717, 1.165) is 25.9 Å². The summed E-state index contributed by atoms with van der Waals surface area (Å²) in [6.45, 7) is 3.68. The molecule has 1 aliphatic carbocycles. The van der Waals surface area contributed by atoms with Gasteiger partial charge in [0.05, 0.1) is 5.56 Å². The molecule has 1 saturated heterocycles. The van der Waals surface area contributed by atoms with Crippen molar-refractivity contribution in [3.05, 3.63) is 68.9 Å². The van der Waals surface area contributed by atoms with Crippen molar-refractivity contribution < 1.29 is 14.0 Å². The Bertz CT molecular complexity index is 1320. The summed E-state index contributed by atoms with van der Waals surface area (Å²) in [4.78, 5) is 43.2. The van der Waals surface area contributed by atoms with E-state index in [-0.39, 0.29) is 28.3 Å². The number of halogens is 1. The SMILES string of the molecule is CN1CCC(SC2(CN3CCn4c(ccc(C(=O)NCc5ccc(C#N)c(F)c5)c4=O)C3=O)CC2)C1. The third-order valence-corrected chi connectivity index (χ3v) is 8.93. The van der Waals surface area contributed by atoms with Crippen LogP contribution in [-0.4, -0.2) is 69.4 Å². The molecule has 188 valence electrons. The molecule has 2 amide bonds. The lowest BCUT2D eigenvalue weighted by atomic mass is 10.1. The van der Waals surface area contributed by atoms with Gasteiger partial charge in [0.15, 0.2) is 0 Å². The molecular weight excluding hydrogens is 481 g/mol. The highest BCUT2D eigenvalue weighted by molar-refractivity contribution is 8.01. The number of nitrogens with zero attached hydrogens (tertiary/aromatic N) is 4. The van der Waals surface area contributed by atoms with Crippen LogP contribution in [0.15, 0.2) is 35.1 Å². The number of aromatic nitrogens is 1. The number of hydrogen-bond donors (Lipinski definition) is 1. The fourth-order valence-corrected chi connectivity index (χ4v) is 6.80. The summed E-state index contributed by atoms with van der Waals surface area (Å²) < 4.78 is 15.3. The second kappa shape index (κ2) is 9.71. The van der Waals surface area contributed by atoms with Gasteiger partial charge in [0.2, 0.25) is 0 Å². The molecule has 1 saturated carbocycles. The van der Waals surface area contributed by atoms with Crippen molar-refractivity contribution in [2.75, 3.05) is 33.2 Å². The minimum absolute atomic E-state index is 0.00585. The number of rotatable bonds is 7. The van der Waals surface area contributed by atoms with Crippen molar-refractivity contribution in [2.24, 2.45) is 0 Å². The van der Waals surface area contributed by atoms with E-state index in [0.29, 0.717) is 36.1 Å². The number of carbonyl (C=O) groups is 2. The zero-order chi connectivity index (χ0) is 25.4. The Balaban J connectivity index is 1.24. The maximum absolute atomic E-state index is 13.8. The molecule has 1 aromatic carbocycles. The number of likely N-dealkylation sites (tertiary alicyclic amines) is 1. The quantitative estimate of drug-likeness (QED) is 0.615. The highest BCUT2D eigenvalue weighted by atomic mass is 32.2. The van der Waals surface area contributed by atoms with E-state index >= 15 is 0 Å². The normalized spacial score (nSPS) is 20.6. The van der Waals surface area contributed by atoms with Gasteiger partial charge < -0.3 is 19.7 Å². The molecule has 1 atom stereocenters. The van der Waals surface area contributed by atoms with E-state index in [1.807, 2.05) is 16.7 Å². The van der Waals surface area contributed by atoms with Crippen LogP contribution in [0.3, 0.4) is 0 Å². The first-order chi connectivity index (χ1) is 17.3. The second-order valence-electron chi connectivity index (χ2n) is 9.90. The van der Waals surface area contributed by atoms with Gasteiger partial charge in [0, 0.05) is 42.7 Å². The van der Waals surface area contributed by atoms with Gasteiger partial charge in [-0.05, 0) is 62.7 Å². The van der Waals surface area contributed by atoms with E-state index < -0.39 is 17.3 Å². The first-order valence-electron chi connectivity index (χ1n) is 12.1. The third kappa shape index (κ3) is 4.90. The summed E-state index contributed by atoms with van der Waals surface area (Å²) in [5, 5.41) is 12.1. The highest BCUT2D eigenvalue weighted by Gasteiger charge is 2.48. The molecule has 2 fully saturated rings.